The molecule has 0 aliphatic heterocycles. The molecule has 59 heavy (non-hydrogen) atoms. The minimum Gasteiger partial charge on any atom is -0.0683 e. The summed E-state index contributed by atoms with van der Waals surface area (Å²) in [5.41, 5.74) is 1.25. The molecule has 5 fully saturated rings. The van der Waals surface area contributed by atoms with E-state index in [0.29, 0.717) is 5.41 Å². The Morgan fingerprint density at radius 1 is 0.492 bits per heavy atom. The van der Waals surface area contributed by atoms with Crippen molar-refractivity contribution in [2.75, 3.05) is 0 Å². The second kappa shape index (κ2) is 62.3. The molecule has 372 valence electrons. The van der Waals surface area contributed by atoms with Gasteiger partial charge in [-0.05, 0) is 77.4 Å². The molecule has 0 nitrogen and oxygen atoms in total. The van der Waals surface area contributed by atoms with Gasteiger partial charge in [0.1, 0.15) is 0 Å². The van der Waals surface area contributed by atoms with Crippen molar-refractivity contribution in [3.05, 3.63) is 0 Å². The largest absolute Gasteiger partial charge is 0.0683 e. The summed E-state index contributed by atoms with van der Waals surface area (Å²) in [4.78, 5) is 0. The van der Waals surface area contributed by atoms with Crippen molar-refractivity contribution in [2.24, 2.45) is 58.2 Å². The maximum absolute atomic E-state index is 2.31. The molecule has 2 atom stereocenters. The van der Waals surface area contributed by atoms with Crippen LogP contribution in [0, 0.1) is 58.2 Å². The predicted molar refractivity (Wildman–Crippen MR) is 291 cm³/mol. The number of rotatable bonds is 6. The second-order valence-electron chi connectivity index (χ2n) is 21.8. The van der Waals surface area contributed by atoms with Crippen LogP contribution in [-0.2, 0) is 0 Å². The van der Waals surface area contributed by atoms with Gasteiger partial charge >= 0.3 is 0 Å². The molecule has 0 aromatic rings. The fourth-order valence-corrected chi connectivity index (χ4v) is 2.42. The Balaban J connectivity index is -0.0000000657. The lowest BCUT2D eigenvalue weighted by molar-refractivity contribution is 0.346. The molecule has 0 aromatic heterocycles. The Morgan fingerprint density at radius 2 is 0.695 bits per heavy atom. The Bertz CT molecular complexity index is 553. The van der Waals surface area contributed by atoms with Gasteiger partial charge in [0, 0.05) is 0 Å². The molecule has 0 N–H and O–H groups in total. The highest BCUT2D eigenvalue weighted by molar-refractivity contribution is 4.82. The van der Waals surface area contributed by atoms with Gasteiger partial charge in [-0.1, -0.05) is 310 Å². The van der Waals surface area contributed by atoms with Gasteiger partial charge in [-0.15, -0.1) is 0 Å². The standard InChI is InChI=1S/4C5H10.4C5H12.C4H8.2C4H10.C3H8.2C2H6/c1-5(2)3-4-5;1-4-3-5(4)2;1-5-3-2-4-5;1-2-5-3-4-5;1-5(2,3)4;2*1-4-5(2)3;1-3-5-4-2;1-4-2-3-4;1-4(2)3;1-3-4-2;1-3-2;2*1-2/h3-4H2,1-2H3;4-5H,3H2,1-2H3;2*5H,2-4H2,1H3;1-4H3;2*5H,4H2,1-3H3;3-5H2,1-2H3;4H,2-3H2,1H3;4H,1-3H3;3-4H2,1-2H3;3H2,1-2H3;2*1-2H3. The van der Waals surface area contributed by atoms with E-state index in [1.165, 1.54) is 122 Å². The van der Waals surface area contributed by atoms with Gasteiger partial charge in [0.2, 0.25) is 0 Å². The summed E-state index contributed by atoms with van der Waals surface area (Å²) in [6.45, 7) is 65.6. The van der Waals surface area contributed by atoms with Gasteiger partial charge in [0.15, 0.2) is 0 Å². The van der Waals surface area contributed by atoms with Crippen LogP contribution >= 0.6 is 0 Å². The van der Waals surface area contributed by atoms with E-state index in [0.717, 1.165) is 52.8 Å². The van der Waals surface area contributed by atoms with Crippen LogP contribution in [0.15, 0.2) is 0 Å². The number of hydrogen-bond donors (Lipinski definition) is 0. The van der Waals surface area contributed by atoms with Crippen LogP contribution in [0.2, 0.25) is 0 Å². The summed E-state index contributed by atoms with van der Waals surface area (Å²) in [6, 6.07) is 0. The zero-order valence-electron chi connectivity index (χ0n) is 49.1. The van der Waals surface area contributed by atoms with Crippen molar-refractivity contribution >= 4 is 0 Å². The maximum atomic E-state index is 2.31. The van der Waals surface area contributed by atoms with Gasteiger partial charge in [0.05, 0.1) is 0 Å². The maximum Gasteiger partial charge on any atom is -0.0354 e. The van der Waals surface area contributed by atoms with Gasteiger partial charge in [0.25, 0.3) is 0 Å². The molecule has 5 aliphatic carbocycles. The smallest absolute Gasteiger partial charge is 0.0354 e. The molecule has 5 rings (SSSR count). The monoisotopic (exact) mass is 845 g/mol. The molecule has 2 unspecified atom stereocenters. The molecule has 0 saturated heterocycles. The normalized spacial score (nSPS) is 17.6. The first-order chi connectivity index (χ1) is 27.2. The average Bonchev–Trinajstić information content (AvgIpc) is 3.95. The lowest BCUT2D eigenvalue weighted by atomic mass is 9.88. The fourth-order valence-electron chi connectivity index (χ4n) is 2.42. The van der Waals surface area contributed by atoms with Crippen molar-refractivity contribution in [1.82, 2.24) is 0 Å². The lowest BCUT2D eigenvalue weighted by Crippen LogP contribution is -2.04. The summed E-state index contributed by atoms with van der Waals surface area (Å²) in [5, 5.41) is 0. The zero-order chi connectivity index (χ0) is 49.1. The molecule has 0 spiro atoms. The molecular formula is C59H136. The molecule has 0 radical (unpaired) electrons. The number of hydrogen-bond acceptors (Lipinski definition) is 0. The van der Waals surface area contributed by atoms with Crippen LogP contribution in [-0.4, -0.2) is 0 Å². The van der Waals surface area contributed by atoms with E-state index in [9.17, 15) is 0 Å². The summed E-state index contributed by atoms with van der Waals surface area (Å²) < 4.78 is 0. The first kappa shape index (κ1) is 79.4. The second-order valence-corrected chi connectivity index (χ2v) is 21.8. The minimum absolute atomic E-state index is 0.500. The first-order valence-corrected chi connectivity index (χ1v) is 27.2. The van der Waals surface area contributed by atoms with Crippen molar-refractivity contribution in [3.8, 4) is 0 Å². The highest BCUT2D eigenvalue weighted by Crippen LogP contribution is 2.43. The lowest BCUT2D eigenvalue weighted by Gasteiger charge is -2.18. The van der Waals surface area contributed by atoms with Crippen LogP contribution < -0.4 is 0 Å². The molecular weight excluding hydrogens is 709 g/mol. The van der Waals surface area contributed by atoms with Crippen LogP contribution in [0.1, 0.15) is 330 Å². The zero-order valence-corrected chi connectivity index (χ0v) is 49.1. The van der Waals surface area contributed by atoms with Crippen LogP contribution in [0.4, 0.5) is 0 Å². The Hall–Kier alpha value is 0. The van der Waals surface area contributed by atoms with E-state index in [-0.39, 0.29) is 0 Å². The highest BCUT2D eigenvalue weighted by atomic mass is 14.4. The third-order valence-electron chi connectivity index (χ3n) is 9.14. The van der Waals surface area contributed by atoms with E-state index in [4.69, 9.17) is 0 Å². The van der Waals surface area contributed by atoms with Gasteiger partial charge in [-0.2, -0.15) is 0 Å². The van der Waals surface area contributed by atoms with Crippen molar-refractivity contribution < 1.29 is 0 Å². The Kier molecular flexibility index (Phi) is 83.8. The van der Waals surface area contributed by atoms with Gasteiger partial charge in [-0.25, -0.2) is 0 Å². The third kappa shape index (κ3) is 178. The third-order valence-corrected chi connectivity index (χ3v) is 9.14. The quantitative estimate of drug-likeness (QED) is 0.250. The van der Waals surface area contributed by atoms with E-state index in [1.54, 1.807) is 0 Å². The topological polar surface area (TPSA) is 0 Å². The molecule has 5 aliphatic rings. The van der Waals surface area contributed by atoms with Crippen LogP contribution in [0.5, 0.6) is 0 Å². The van der Waals surface area contributed by atoms with Crippen LogP contribution in [0.25, 0.3) is 0 Å². The van der Waals surface area contributed by atoms with Crippen LogP contribution in [0.3, 0.4) is 0 Å². The Labute approximate surface area is 386 Å². The van der Waals surface area contributed by atoms with Crippen molar-refractivity contribution in [3.63, 3.8) is 0 Å². The van der Waals surface area contributed by atoms with Crippen molar-refractivity contribution in [1.29, 1.82) is 0 Å². The average molecular weight is 846 g/mol. The summed E-state index contributed by atoms with van der Waals surface area (Å²) in [6.07, 6.45) is 26.8. The van der Waals surface area contributed by atoms with E-state index in [1.807, 2.05) is 27.7 Å². The minimum atomic E-state index is 0.500. The molecule has 0 heteroatoms. The van der Waals surface area contributed by atoms with E-state index >= 15 is 0 Å². The molecule has 0 aromatic carbocycles. The SMILES string of the molecule is CC.CC.CC(C)(C)C.CC(C)C.CC1(C)CC1.CC1CC1.CC1CC1C.CC1CCC1.CCC.CCC(C)C.CCC(C)C.CCC1CC1.CCCC.CCCCC. The summed E-state index contributed by atoms with van der Waals surface area (Å²) in [7, 11) is 0. The van der Waals surface area contributed by atoms with Gasteiger partial charge in [-0.3, -0.25) is 0 Å². The molecule has 0 heterocycles. The van der Waals surface area contributed by atoms with E-state index in [2.05, 4.69) is 180 Å². The highest BCUT2D eigenvalue weighted by Gasteiger charge is 2.30. The fraction of sp³-hybridized carbons (Fsp3) is 1.00. The predicted octanol–water partition coefficient (Wildman–Crippen LogP) is 23.8. The first-order valence-electron chi connectivity index (χ1n) is 27.2. The molecule has 0 bridgehead atoms. The van der Waals surface area contributed by atoms with Gasteiger partial charge < -0.3 is 0 Å². The van der Waals surface area contributed by atoms with E-state index < -0.39 is 0 Å². The number of unbranched alkanes of at least 4 members (excludes halogenated alkanes) is 3. The molecule has 5 saturated carbocycles. The Morgan fingerprint density at radius 3 is 0.695 bits per heavy atom. The summed E-state index contributed by atoms with van der Waals surface area (Å²) in [5.74, 6) is 7.99. The van der Waals surface area contributed by atoms with Crippen molar-refractivity contribution in [2.45, 2.75) is 330 Å². The summed E-state index contributed by atoms with van der Waals surface area (Å²) >= 11 is 0. The molecule has 0 amide bonds.